The van der Waals surface area contributed by atoms with Gasteiger partial charge in [0.05, 0.1) is 5.75 Å². The van der Waals surface area contributed by atoms with Gasteiger partial charge in [0.2, 0.25) is 5.91 Å². The summed E-state index contributed by atoms with van der Waals surface area (Å²) in [7, 11) is 0. The number of carbonyl (C=O) groups is 1. The molecule has 122 valence electrons. The number of amides is 1. The molecule has 0 atom stereocenters. The predicted octanol–water partition coefficient (Wildman–Crippen LogP) is 3.40. The molecule has 2 rings (SSSR count). The number of anilines is 2. The summed E-state index contributed by atoms with van der Waals surface area (Å²) in [4.78, 5) is 20.6. The fourth-order valence-corrected chi connectivity index (χ4v) is 2.90. The van der Waals surface area contributed by atoms with E-state index < -0.39 is 0 Å². The number of nitrogens with zero attached hydrogens (tertiary/aromatic N) is 2. The lowest BCUT2D eigenvalue weighted by Gasteiger charge is -2.22. The summed E-state index contributed by atoms with van der Waals surface area (Å²) in [6, 6.07) is 9.55. The number of para-hydroxylation sites is 1. The van der Waals surface area contributed by atoms with Crippen LogP contribution in [0.2, 0.25) is 0 Å². The third-order valence-corrected chi connectivity index (χ3v) is 4.04. The second kappa shape index (κ2) is 7.00. The summed E-state index contributed by atoms with van der Waals surface area (Å²) in [5, 5.41) is 3.49. The van der Waals surface area contributed by atoms with Gasteiger partial charge < -0.3 is 11.1 Å². The Labute approximate surface area is 141 Å². The molecule has 0 saturated carbocycles. The van der Waals surface area contributed by atoms with Crippen molar-refractivity contribution >= 4 is 29.2 Å². The average Bonchev–Trinajstić information content (AvgIpc) is 2.43. The van der Waals surface area contributed by atoms with E-state index in [1.54, 1.807) is 6.07 Å². The highest BCUT2D eigenvalue weighted by Gasteiger charge is 2.18. The summed E-state index contributed by atoms with van der Waals surface area (Å²) in [5.74, 6) is 0.565. The zero-order valence-corrected chi connectivity index (χ0v) is 14.7. The maximum Gasteiger partial charge on any atom is 0.234 e. The first kappa shape index (κ1) is 17.3. The molecule has 0 fully saturated rings. The van der Waals surface area contributed by atoms with Gasteiger partial charge in [-0.1, -0.05) is 50.7 Å². The van der Waals surface area contributed by atoms with E-state index in [1.807, 2.05) is 31.2 Å². The van der Waals surface area contributed by atoms with Gasteiger partial charge in [0.1, 0.15) is 5.82 Å². The monoisotopic (exact) mass is 330 g/mol. The molecule has 0 spiro atoms. The van der Waals surface area contributed by atoms with Gasteiger partial charge in [-0.15, -0.1) is 0 Å². The number of aromatic nitrogens is 2. The number of hydrogen-bond acceptors (Lipinski definition) is 5. The minimum Gasteiger partial charge on any atom is -0.384 e. The van der Waals surface area contributed by atoms with Crippen LogP contribution in [0.25, 0.3) is 0 Å². The van der Waals surface area contributed by atoms with Crippen molar-refractivity contribution in [3.05, 3.63) is 41.6 Å². The molecule has 0 radical (unpaired) electrons. The fraction of sp³-hybridized carbons (Fsp3) is 0.353. The van der Waals surface area contributed by atoms with Crippen molar-refractivity contribution in [2.45, 2.75) is 38.3 Å². The second-order valence-electron chi connectivity index (χ2n) is 6.35. The molecule has 1 amide bonds. The third-order valence-electron chi connectivity index (χ3n) is 3.20. The molecule has 0 bridgehead atoms. The first-order chi connectivity index (χ1) is 10.8. The molecule has 1 aromatic heterocycles. The van der Waals surface area contributed by atoms with Crippen LogP contribution in [0.1, 0.15) is 32.0 Å². The van der Waals surface area contributed by atoms with Crippen LogP contribution in [0.5, 0.6) is 0 Å². The molecule has 0 aliphatic heterocycles. The zero-order valence-electron chi connectivity index (χ0n) is 13.9. The summed E-state index contributed by atoms with van der Waals surface area (Å²) < 4.78 is 0. The molecule has 0 aliphatic rings. The van der Waals surface area contributed by atoms with Crippen LogP contribution in [0.3, 0.4) is 0 Å². The van der Waals surface area contributed by atoms with Gasteiger partial charge in [0, 0.05) is 17.4 Å². The number of rotatable bonds is 4. The highest BCUT2D eigenvalue weighted by Crippen LogP contribution is 2.29. The molecule has 23 heavy (non-hydrogen) atoms. The summed E-state index contributed by atoms with van der Waals surface area (Å²) >= 11 is 1.28. The van der Waals surface area contributed by atoms with Gasteiger partial charge in [-0.3, -0.25) is 4.79 Å². The molecule has 3 N–H and O–H groups in total. The molecule has 2 aromatic rings. The van der Waals surface area contributed by atoms with Gasteiger partial charge in [0.15, 0.2) is 5.16 Å². The van der Waals surface area contributed by atoms with Crippen LogP contribution < -0.4 is 11.1 Å². The molecular weight excluding hydrogens is 308 g/mol. The van der Waals surface area contributed by atoms with Gasteiger partial charge in [-0.05, 0) is 24.0 Å². The predicted molar refractivity (Wildman–Crippen MR) is 95.7 cm³/mol. The van der Waals surface area contributed by atoms with E-state index in [0.717, 1.165) is 16.9 Å². The Hall–Kier alpha value is -2.08. The van der Waals surface area contributed by atoms with Crippen LogP contribution in [0.4, 0.5) is 11.5 Å². The smallest absolute Gasteiger partial charge is 0.234 e. The lowest BCUT2D eigenvalue weighted by atomic mass is 9.86. The van der Waals surface area contributed by atoms with Crippen LogP contribution in [0.15, 0.2) is 35.5 Å². The standard InChI is InChI=1S/C17H22N4OS/c1-11-9-14(18)21-16(19-11)23-10-15(22)20-13-8-6-5-7-12(13)17(2,3)4/h5-9H,10H2,1-4H3,(H,20,22)(H2,18,19,21). The number of benzene rings is 1. The highest BCUT2D eigenvalue weighted by molar-refractivity contribution is 7.99. The van der Waals surface area contributed by atoms with Crippen LogP contribution >= 0.6 is 11.8 Å². The van der Waals surface area contributed by atoms with Crippen molar-refractivity contribution < 1.29 is 4.79 Å². The number of nitrogens with two attached hydrogens (primary N) is 1. The number of nitrogens with one attached hydrogen (secondary N) is 1. The average molecular weight is 330 g/mol. The topological polar surface area (TPSA) is 80.9 Å². The maximum atomic E-state index is 12.2. The molecule has 1 aromatic carbocycles. The van der Waals surface area contributed by atoms with E-state index in [9.17, 15) is 4.79 Å². The van der Waals surface area contributed by atoms with E-state index in [-0.39, 0.29) is 17.1 Å². The summed E-state index contributed by atoms with van der Waals surface area (Å²) in [6.07, 6.45) is 0. The number of aryl methyl sites for hydroxylation is 1. The Morgan fingerprint density at radius 1 is 1.26 bits per heavy atom. The minimum atomic E-state index is -0.0876. The quantitative estimate of drug-likeness (QED) is 0.663. The molecular formula is C17H22N4OS. The molecule has 6 heteroatoms. The summed E-state index contributed by atoms with van der Waals surface area (Å²) in [6.45, 7) is 8.21. The van der Waals surface area contributed by atoms with Crippen LogP contribution in [0, 0.1) is 6.92 Å². The van der Waals surface area contributed by atoms with Gasteiger partial charge >= 0.3 is 0 Å². The van der Waals surface area contributed by atoms with E-state index in [4.69, 9.17) is 5.73 Å². The van der Waals surface area contributed by atoms with E-state index in [1.165, 1.54) is 11.8 Å². The maximum absolute atomic E-state index is 12.2. The Morgan fingerprint density at radius 3 is 2.61 bits per heavy atom. The molecule has 0 saturated heterocycles. The largest absolute Gasteiger partial charge is 0.384 e. The first-order valence-electron chi connectivity index (χ1n) is 7.39. The van der Waals surface area contributed by atoms with Crippen molar-refractivity contribution in [2.75, 3.05) is 16.8 Å². The zero-order chi connectivity index (χ0) is 17.0. The first-order valence-corrected chi connectivity index (χ1v) is 8.37. The van der Waals surface area contributed by atoms with Crippen molar-refractivity contribution in [1.82, 2.24) is 9.97 Å². The van der Waals surface area contributed by atoms with Crippen molar-refractivity contribution in [3.8, 4) is 0 Å². The lowest BCUT2D eigenvalue weighted by molar-refractivity contribution is -0.113. The van der Waals surface area contributed by atoms with Crippen molar-refractivity contribution in [3.63, 3.8) is 0 Å². The molecule has 1 heterocycles. The number of nitrogen functional groups attached to an aromatic ring is 1. The Balaban J connectivity index is 2.03. The molecule has 0 aliphatic carbocycles. The van der Waals surface area contributed by atoms with Gasteiger partial charge in [-0.25, -0.2) is 9.97 Å². The minimum absolute atomic E-state index is 0.0366. The van der Waals surface area contributed by atoms with Crippen LogP contribution in [-0.2, 0) is 10.2 Å². The normalized spacial score (nSPS) is 11.3. The number of carbonyl (C=O) groups excluding carboxylic acids is 1. The molecule has 5 nitrogen and oxygen atoms in total. The third kappa shape index (κ3) is 4.96. The van der Waals surface area contributed by atoms with Gasteiger partial charge in [-0.2, -0.15) is 0 Å². The second-order valence-corrected chi connectivity index (χ2v) is 7.29. The van der Waals surface area contributed by atoms with E-state index >= 15 is 0 Å². The van der Waals surface area contributed by atoms with Gasteiger partial charge in [0.25, 0.3) is 0 Å². The highest BCUT2D eigenvalue weighted by atomic mass is 32.2. The van der Waals surface area contributed by atoms with E-state index in [2.05, 4.69) is 36.1 Å². The Kier molecular flexibility index (Phi) is 5.26. The lowest BCUT2D eigenvalue weighted by Crippen LogP contribution is -2.20. The van der Waals surface area contributed by atoms with E-state index in [0.29, 0.717) is 11.0 Å². The fourth-order valence-electron chi connectivity index (χ4n) is 2.19. The Bertz CT molecular complexity index is 690. The van der Waals surface area contributed by atoms with Crippen molar-refractivity contribution in [1.29, 1.82) is 0 Å². The van der Waals surface area contributed by atoms with Crippen molar-refractivity contribution in [2.24, 2.45) is 0 Å². The Morgan fingerprint density at radius 2 is 1.96 bits per heavy atom. The number of thioether (sulfide) groups is 1. The van der Waals surface area contributed by atoms with Crippen LogP contribution in [-0.4, -0.2) is 21.6 Å². The molecule has 0 unspecified atom stereocenters. The SMILES string of the molecule is Cc1cc(N)nc(SCC(=O)Nc2ccccc2C(C)(C)C)n1. The number of hydrogen-bond donors (Lipinski definition) is 2. The summed E-state index contributed by atoms with van der Waals surface area (Å²) in [5.41, 5.74) is 8.39.